The molecule has 1 unspecified atom stereocenters. The lowest BCUT2D eigenvalue weighted by Gasteiger charge is -1.86. The highest BCUT2D eigenvalue weighted by Crippen LogP contribution is 2.06. The van der Waals surface area contributed by atoms with Crippen molar-refractivity contribution in [3.63, 3.8) is 0 Å². The van der Waals surface area contributed by atoms with Crippen LogP contribution in [0.5, 0.6) is 0 Å². The maximum atomic E-state index is 10.6. The third-order valence-corrected chi connectivity index (χ3v) is 3.18. The van der Waals surface area contributed by atoms with Crippen LogP contribution in [0, 0.1) is 0 Å². The fourth-order valence-corrected chi connectivity index (χ4v) is 2.07. The molecule has 0 amide bonds. The van der Waals surface area contributed by atoms with Gasteiger partial charge in [-0.1, -0.05) is 23.8 Å². The summed E-state index contributed by atoms with van der Waals surface area (Å²) < 4.78 is 10.6. The Labute approximate surface area is 56.4 Å². The topological polar surface area (TPSA) is 17.1 Å². The Morgan fingerprint density at radius 1 is 1.75 bits per heavy atom. The third kappa shape index (κ3) is 4.40. The molecule has 8 heavy (non-hydrogen) atoms. The van der Waals surface area contributed by atoms with Crippen molar-refractivity contribution < 1.29 is 4.21 Å². The van der Waals surface area contributed by atoms with E-state index in [9.17, 15) is 4.21 Å². The molecule has 3 heteroatoms. The van der Waals surface area contributed by atoms with Crippen LogP contribution >= 0.6 is 10.8 Å². The van der Waals surface area contributed by atoms with Gasteiger partial charge in [-0.2, -0.15) is 0 Å². The Morgan fingerprint density at radius 2 is 2.38 bits per heavy atom. The average Bonchev–Trinajstić information content (AvgIpc) is 1.68. The Bertz CT molecular complexity index is 98.6. The minimum Gasteiger partial charge on any atom is -0.243 e. The van der Waals surface area contributed by atoms with Crippen LogP contribution in [0.3, 0.4) is 0 Å². The van der Waals surface area contributed by atoms with Gasteiger partial charge in [0.25, 0.3) is 0 Å². The summed E-state index contributed by atoms with van der Waals surface area (Å²) in [6.07, 6.45) is 1.80. The highest BCUT2D eigenvalue weighted by Gasteiger charge is 1.87. The normalized spacial score (nSPS) is 14.8. The Hall–Kier alpha value is 0.240. The summed E-state index contributed by atoms with van der Waals surface area (Å²) in [7, 11) is 0.657. The second kappa shape index (κ2) is 5.38. The Kier molecular flexibility index (Phi) is 5.54. The van der Waals surface area contributed by atoms with Gasteiger partial charge in [-0.05, 0) is 6.92 Å². The summed E-state index contributed by atoms with van der Waals surface area (Å²) in [6.45, 7) is 3.86. The number of allylic oxidation sites excluding steroid dienone is 1. The summed E-state index contributed by atoms with van der Waals surface area (Å²) in [5.74, 6) is 0.914. The van der Waals surface area contributed by atoms with E-state index in [0.717, 1.165) is 5.75 Å². The van der Waals surface area contributed by atoms with Crippen LogP contribution in [0.1, 0.15) is 13.8 Å². The second-order valence-corrected chi connectivity index (χ2v) is 4.44. The first-order valence-corrected chi connectivity index (χ1v) is 5.19. The van der Waals surface area contributed by atoms with Crippen LogP contribution in [-0.4, -0.2) is 9.96 Å². The van der Waals surface area contributed by atoms with E-state index in [-0.39, 0.29) is 0 Å². The van der Waals surface area contributed by atoms with Gasteiger partial charge in [-0.15, -0.1) is 0 Å². The van der Waals surface area contributed by atoms with E-state index >= 15 is 0 Å². The first-order valence-electron chi connectivity index (χ1n) is 2.48. The maximum Gasteiger partial charge on any atom is 0.105 e. The summed E-state index contributed by atoms with van der Waals surface area (Å²) >= 11 is 0. The number of rotatable bonds is 3. The highest BCUT2D eigenvalue weighted by molar-refractivity contribution is 8.70. The van der Waals surface area contributed by atoms with Crippen LogP contribution in [0.25, 0.3) is 0 Å². The van der Waals surface area contributed by atoms with Gasteiger partial charge in [0.1, 0.15) is 9.83 Å². The largest absolute Gasteiger partial charge is 0.243 e. The molecule has 0 aromatic carbocycles. The van der Waals surface area contributed by atoms with E-state index in [4.69, 9.17) is 0 Å². The van der Waals surface area contributed by atoms with Gasteiger partial charge in [0, 0.05) is 11.2 Å². The molecular formula is C5H10OS2. The fraction of sp³-hybridized carbons (Fsp3) is 0.600. The molecule has 0 saturated carbocycles. The van der Waals surface area contributed by atoms with Crippen LogP contribution < -0.4 is 0 Å². The molecule has 1 atom stereocenters. The standard InChI is InChI=1S/C5H10OS2/c1-3-5-8(6)7-4-2/h3,5H,4H2,1-2H3. The van der Waals surface area contributed by atoms with Crippen LogP contribution in [0.15, 0.2) is 11.5 Å². The minimum absolute atomic E-state index is 0.784. The monoisotopic (exact) mass is 150 g/mol. The van der Waals surface area contributed by atoms with Gasteiger partial charge in [0.2, 0.25) is 0 Å². The Balaban J connectivity index is 3.33. The smallest absolute Gasteiger partial charge is 0.105 e. The molecule has 0 rings (SSSR count). The van der Waals surface area contributed by atoms with Crippen molar-refractivity contribution in [3.05, 3.63) is 11.5 Å². The fourth-order valence-electron chi connectivity index (χ4n) is 0.267. The molecule has 1 nitrogen and oxygen atoms in total. The van der Waals surface area contributed by atoms with Crippen molar-refractivity contribution in [3.8, 4) is 0 Å². The van der Waals surface area contributed by atoms with Gasteiger partial charge in [-0.3, -0.25) is 0 Å². The molecule has 48 valence electrons. The zero-order valence-corrected chi connectivity index (χ0v) is 6.72. The van der Waals surface area contributed by atoms with Crippen LogP contribution in [0.4, 0.5) is 0 Å². The molecule has 0 N–H and O–H groups in total. The molecule has 0 aliphatic carbocycles. The molecule has 0 heterocycles. The summed E-state index contributed by atoms with van der Waals surface area (Å²) in [5, 5.41) is 1.69. The minimum atomic E-state index is -0.784. The zero-order valence-electron chi connectivity index (χ0n) is 5.09. The van der Waals surface area contributed by atoms with Crippen molar-refractivity contribution >= 4 is 20.6 Å². The van der Waals surface area contributed by atoms with E-state index in [1.807, 2.05) is 13.8 Å². The molecular weight excluding hydrogens is 140 g/mol. The summed E-state index contributed by atoms with van der Waals surface area (Å²) in [6, 6.07) is 0. The zero-order chi connectivity index (χ0) is 6.41. The van der Waals surface area contributed by atoms with E-state index in [1.54, 1.807) is 11.5 Å². The Morgan fingerprint density at radius 3 is 2.75 bits per heavy atom. The van der Waals surface area contributed by atoms with Crippen molar-refractivity contribution in [1.29, 1.82) is 0 Å². The number of hydrogen-bond acceptors (Lipinski definition) is 2. The lowest BCUT2D eigenvalue weighted by molar-refractivity contribution is 0.696. The molecule has 0 radical (unpaired) electrons. The predicted octanol–water partition coefficient (Wildman–Crippen LogP) is 1.94. The van der Waals surface area contributed by atoms with Crippen molar-refractivity contribution in [1.82, 2.24) is 0 Å². The quantitative estimate of drug-likeness (QED) is 0.572. The van der Waals surface area contributed by atoms with Gasteiger partial charge < -0.3 is 0 Å². The lowest BCUT2D eigenvalue weighted by Crippen LogP contribution is -1.74. The SMILES string of the molecule is CC=CS(=O)SCC. The van der Waals surface area contributed by atoms with Crippen molar-refractivity contribution in [2.24, 2.45) is 0 Å². The molecule has 0 bridgehead atoms. The molecule has 0 spiro atoms. The van der Waals surface area contributed by atoms with Crippen LogP contribution in [0.2, 0.25) is 0 Å². The van der Waals surface area contributed by atoms with E-state index in [2.05, 4.69) is 0 Å². The first-order chi connectivity index (χ1) is 3.81. The number of hydrogen-bond donors (Lipinski definition) is 0. The molecule has 0 aliphatic rings. The van der Waals surface area contributed by atoms with Crippen molar-refractivity contribution in [2.45, 2.75) is 13.8 Å². The third-order valence-electron chi connectivity index (χ3n) is 0.481. The summed E-state index contributed by atoms with van der Waals surface area (Å²) in [4.78, 5) is 0. The van der Waals surface area contributed by atoms with Gasteiger partial charge in [0.15, 0.2) is 0 Å². The van der Waals surface area contributed by atoms with E-state index in [0.29, 0.717) is 0 Å². The van der Waals surface area contributed by atoms with Gasteiger partial charge >= 0.3 is 0 Å². The van der Waals surface area contributed by atoms with E-state index in [1.165, 1.54) is 10.8 Å². The molecule has 0 aliphatic heterocycles. The average molecular weight is 150 g/mol. The lowest BCUT2D eigenvalue weighted by atomic mass is 10.8. The maximum absolute atomic E-state index is 10.6. The molecule has 0 saturated heterocycles. The molecule has 0 fully saturated rings. The van der Waals surface area contributed by atoms with Gasteiger partial charge in [0.05, 0.1) is 0 Å². The van der Waals surface area contributed by atoms with Crippen molar-refractivity contribution in [2.75, 3.05) is 5.75 Å². The second-order valence-electron chi connectivity index (χ2n) is 1.14. The molecule has 0 aromatic rings. The summed E-state index contributed by atoms with van der Waals surface area (Å²) in [5.41, 5.74) is 0. The predicted molar refractivity (Wildman–Crippen MR) is 41.1 cm³/mol. The van der Waals surface area contributed by atoms with Crippen LogP contribution in [-0.2, 0) is 9.83 Å². The van der Waals surface area contributed by atoms with E-state index < -0.39 is 9.83 Å². The van der Waals surface area contributed by atoms with Gasteiger partial charge in [-0.25, -0.2) is 4.21 Å². The first kappa shape index (κ1) is 8.24. The highest BCUT2D eigenvalue weighted by atomic mass is 33.1. The molecule has 0 aromatic heterocycles.